The Morgan fingerprint density at radius 2 is 1.67 bits per heavy atom. The average Bonchev–Trinajstić information content (AvgIpc) is 2.82. The first kappa shape index (κ1) is 16.0. The fourth-order valence-corrected chi connectivity index (χ4v) is 2.65. The molecule has 0 atom stereocenters. The first-order valence-electron chi connectivity index (χ1n) is 6.98. The molecule has 0 N–H and O–H groups in total. The van der Waals surface area contributed by atoms with E-state index in [2.05, 4.69) is 0 Å². The van der Waals surface area contributed by atoms with Crippen molar-refractivity contribution >= 4 is 29.4 Å². The van der Waals surface area contributed by atoms with Crippen molar-refractivity contribution in [1.82, 2.24) is 5.06 Å². The fourth-order valence-electron chi connectivity index (χ4n) is 2.41. The van der Waals surface area contributed by atoms with E-state index in [0.717, 1.165) is 0 Å². The number of methoxy groups -OCH3 is 1. The molecule has 122 valence electrons. The zero-order valence-electron chi connectivity index (χ0n) is 12.8. The van der Waals surface area contributed by atoms with E-state index >= 15 is 0 Å². The van der Waals surface area contributed by atoms with Crippen molar-refractivity contribution in [2.24, 2.45) is 0 Å². The molecule has 0 unspecified atom stereocenters. The number of rotatable bonds is 3. The predicted octanol–water partition coefficient (Wildman–Crippen LogP) is 3.03. The molecule has 0 saturated carbocycles. The van der Waals surface area contributed by atoms with Crippen LogP contribution < -0.4 is 4.74 Å². The highest BCUT2D eigenvalue weighted by Crippen LogP contribution is 2.29. The van der Waals surface area contributed by atoms with Crippen LogP contribution in [0.25, 0.3) is 0 Å². The summed E-state index contributed by atoms with van der Waals surface area (Å²) in [7, 11) is 1.46. The highest BCUT2D eigenvalue weighted by molar-refractivity contribution is 6.32. The maximum atomic E-state index is 12.3. The van der Waals surface area contributed by atoms with Crippen LogP contribution in [-0.2, 0) is 4.84 Å². The van der Waals surface area contributed by atoms with Crippen molar-refractivity contribution in [1.29, 1.82) is 0 Å². The van der Waals surface area contributed by atoms with Gasteiger partial charge in [0.15, 0.2) is 0 Å². The van der Waals surface area contributed by atoms with E-state index in [-0.39, 0.29) is 21.7 Å². The summed E-state index contributed by atoms with van der Waals surface area (Å²) in [5.74, 6) is -1.81. The van der Waals surface area contributed by atoms with E-state index in [9.17, 15) is 14.4 Å². The van der Waals surface area contributed by atoms with Crippen LogP contribution in [0, 0.1) is 6.92 Å². The average molecular weight is 346 g/mol. The molecule has 1 aliphatic rings. The number of hydrogen-bond donors (Lipinski definition) is 0. The van der Waals surface area contributed by atoms with Gasteiger partial charge < -0.3 is 9.57 Å². The number of benzene rings is 2. The van der Waals surface area contributed by atoms with E-state index < -0.39 is 17.8 Å². The van der Waals surface area contributed by atoms with Gasteiger partial charge in [0.2, 0.25) is 0 Å². The van der Waals surface area contributed by atoms with Gasteiger partial charge in [-0.05, 0) is 36.8 Å². The molecule has 0 saturated heterocycles. The van der Waals surface area contributed by atoms with Crippen molar-refractivity contribution < 1.29 is 24.0 Å². The second kappa shape index (κ2) is 5.98. The van der Waals surface area contributed by atoms with E-state index in [1.165, 1.54) is 25.3 Å². The van der Waals surface area contributed by atoms with E-state index in [1.54, 1.807) is 25.1 Å². The Morgan fingerprint density at radius 1 is 1.08 bits per heavy atom. The summed E-state index contributed by atoms with van der Waals surface area (Å²) in [6, 6.07) is 9.20. The monoisotopic (exact) mass is 345 g/mol. The highest BCUT2D eigenvalue weighted by Gasteiger charge is 2.39. The minimum Gasteiger partial charge on any atom is -0.495 e. The third-order valence-electron chi connectivity index (χ3n) is 3.65. The first-order valence-corrected chi connectivity index (χ1v) is 7.36. The number of carbonyl (C=O) groups is 3. The van der Waals surface area contributed by atoms with Crippen LogP contribution in [0.15, 0.2) is 36.4 Å². The van der Waals surface area contributed by atoms with E-state index in [1.807, 2.05) is 0 Å². The molecule has 2 aromatic rings. The molecule has 0 bridgehead atoms. The number of ether oxygens (including phenoxy) is 1. The lowest BCUT2D eigenvalue weighted by Crippen LogP contribution is -2.32. The molecule has 1 aliphatic heterocycles. The molecule has 0 radical (unpaired) electrons. The van der Waals surface area contributed by atoms with Crippen LogP contribution in [0.1, 0.15) is 36.6 Å². The smallest absolute Gasteiger partial charge is 0.364 e. The lowest BCUT2D eigenvalue weighted by molar-refractivity contribution is -0.0585. The zero-order chi connectivity index (χ0) is 17.4. The quantitative estimate of drug-likeness (QED) is 0.799. The molecule has 2 aromatic carbocycles. The topological polar surface area (TPSA) is 72.9 Å². The van der Waals surface area contributed by atoms with Gasteiger partial charge in [-0.25, -0.2) is 4.79 Å². The molecule has 0 fully saturated rings. The maximum absolute atomic E-state index is 12.3. The van der Waals surface area contributed by atoms with Gasteiger partial charge in [-0.1, -0.05) is 28.8 Å². The second-order valence-corrected chi connectivity index (χ2v) is 5.54. The Balaban J connectivity index is 1.88. The summed E-state index contributed by atoms with van der Waals surface area (Å²) in [4.78, 5) is 41.8. The summed E-state index contributed by atoms with van der Waals surface area (Å²) in [5, 5.41) is 0.683. The number of amides is 2. The van der Waals surface area contributed by atoms with Gasteiger partial charge in [0.05, 0.1) is 28.8 Å². The van der Waals surface area contributed by atoms with Crippen molar-refractivity contribution in [2.45, 2.75) is 6.92 Å². The van der Waals surface area contributed by atoms with Crippen molar-refractivity contribution in [3.05, 3.63) is 63.7 Å². The van der Waals surface area contributed by atoms with E-state index in [0.29, 0.717) is 16.4 Å². The normalized spacial score (nSPS) is 13.0. The number of imide groups is 1. The Labute approximate surface area is 142 Å². The fraction of sp³-hybridized carbons (Fsp3) is 0.118. The molecule has 2 amide bonds. The van der Waals surface area contributed by atoms with Gasteiger partial charge in [-0.2, -0.15) is 0 Å². The van der Waals surface area contributed by atoms with E-state index in [4.69, 9.17) is 21.2 Å². The Morgan fingerprint density at radius 3 is 2.21 bits per heavy atom. The molecule has 3 rings (SSSR count). The molecular weight excluding hydrogens is 334 g/mol. The number of nitrogens with zero attached hydrogens (tertiary/aromatic N) is 1. The number of aryl methyl sites for hydroxylation is 1. The molecule has 24 heavy (non-hydrogen) atoms. The van der Waals surface area contributed by atoms with Crippen molar-refractivity contribution in [3.8, 4) is 5.75 Å². The van der Waals surface area contributed by atoms with Gasteiger partial charge in [0, 0.05) is 0 Å². The summed E-state index contributed by atoms with van der Waals surface area (Å²) in [6.45, 7) is 1.66. The third kappa shape index (κ3) is 2.51. The number of hydroxylamine groups is 2. The standard InChI is InChI=1S/C17H12ClNO5/c1-9-7-14(23-2)13(18)8-12(9)17(22)24-19-15(20)10-5-3-4-6-11(10)16(19)21/h3-8H,1-2H3. The van der Waals surface area contributed by atoms with Gasteiger partial charge in [0.25, 0.3) is 11.8 Å². The molecule has 0 aliphatic carbocycles. The molecule has 1 heterocycles. The summed E-state index contributed by atoms with van der Waals surface area (Å²) in [6.07, 6.45) is 0. The maximum Gasteiger partial charge on any atom is 0.364 e. The number of carbonyl (C=O) groups excluding carboxylic acids is 3. The van der Waals surface area contributed by atoms with Gasteiger partial charge in [-0.3, -0.25) is 9.59 Å². The summed E-state index contributed by atoms with van der Waals surface area (Å²) in [5.41, 5.74) is 1.06. The van der Waals surface area contributed by atoms with Crippen LogP contribution in [0.4, 0.5) is 0 Å². The lowest BCUT2D eigenvalue weighted by atomic mass is 10.1. The summed E-state index contributed by atoms with van der Waals surface area (Å²) < 4.78 is 5.07. The van der Waals surface area contributed by atoms with Crippen LogP contribution in [0.5, 0.6) is 5.75 Å². The van der Waals surface area contributed by atoms with Crippen LogP contribution in [-0.4, -0.2) is 30.0 Å². The van der Waals surface area contributed by atoms with Gasteiger partial charge >= 0.3 is 5.97 Å². The second-order valence-electron chi connectivity index (χ2n) is 5.13. The Kier molecular flexibility index (Phi) is 3.99. The third-order valence-corrected chi connectivity index (χ3v) is 3.95. The highest BCUT2D eigenvalue weighted by atomic mass is 35.5. The number of hydrogen-bond acceptors (Lipinski definition) is 5. The van der Waals surface area contributed by atoms with Crippen molar-refractivity contribution in [2.75, 3.05) is 7.11 Å². The van der Waals surface area contributed by atoms with Crippen molar-refractivity contribution in [3.63, 3.8) is 0 Å². The molecule has 0 aromatic heterocycles. The first-order chi connectivity index (χ1) is 11.4. The molecule has 7 heteroatoms. The minimum absolute atomic E-state index is 0.136. The Bertz CT molecular complexity index is 842. The number of fused-ring (bicyclic) bond motifs is 1. The Hall–Kier alpha value is -2.86. The van der Waals surface area contributed by atoms with Gasteiger partial charge in [-0.15, -0.1) is 0 Å². The van der Waals surface area contributed by atoms with Crippen LogP contribution in [0.2, 0.25) is 5.02 Å². The SMILES string of the molecule is COc1cc(C)c(C(=O)ON2C(=O)c3ccccc3C2=O)cc1Cl. The predicted molar refractivity (Wildman–Crippen MR) is 85.1 cm³/mol. The summed E-state index contributed by atoms with van der Waals surface area (Å²) >= 11 is 6.01. The lowest BCUT2D eigenvalue weighted by Gasteiger charge is -2.14. The minimum atomic E-state index is -0.855. The van der Waals surface area contributed by atoms with Crippen LogP contribution in [0.3, 0.4) is 0 Å². The number of halogens is 1. The molecule has 0 spiro atoms. The zero-order valence-corrected chi connectivity index (χ0v) is 13.6. The van der Waals surface area contributed by atoms with Gasteiger partial charge in [0.1, 0.15) is 5.75 Å². The largest absolute Gasteiger partial charge is 0.495 e. The van der Waals surface area contributed by atoms with Crippen LogP contribution >= 0.6 is 11.6 Å². The molecule has 6 nitrogen and oxygen atoms in total. The molecular formula is C17H12ClNO5.